The summed E-state index contributed by atoms with van der Waals surface area (Å²) in [6.07, 6.45) is 0. The SMILES string of the molecule is OCc1c(CO)c(-c2ccccc2)c2c(c1-c1ccccc1)-c1ccccc1C21c2ccccc2-c2ccccc21. The first-order valence-electron chi connectivity index (χ1n) is 14.1. The summed E-state index contributed by atoms with van der Waals surface area (Å²) in [5.41, 5.74) is 14.8. The molecule has 2 heteroatoms. The van der Waals surface area contributed by atoms with E-state index in [1.165, 1.54) is 38.9 Å². The Bertz CT molecular complexity index is 1910. The average molecular weight is 529 g/mol. The highest BCUT2D eigenvalue weighted by Gasteiger charge is 2.54. The maximum absolute atomic E-state index is 11.1. The number of aliphatic hydroxyl groups is 2. The van der Waals surface area contributed by atoms with Crippen molar-refractivity contribution in [1.82, 2.24) is 0 Å². The lowest BCUT2D eigenvalue weighted by Crippen LogP contribution is -2.27. The fraction of sp³-hybridized carbons (Fsp3) is 0.0769. The first-order valence-corrected chi connectivity index (χ1v) is 14.1. The second-order valence-corrected chi connectivity index (χ2v) is 10.9. The van der Waals surface area contributed by atoms with Crippen molar-refractivity contribution in [3.63, 3.8) is 0 Å². The van der Waals surface area contributed by atoms with Crippen LogP contribution in [0.5, 0.6) is 0 Å². The van der Waals surface area contributed by atoms with Crippen LogP contribution in [0.3, 0.4) is 0 Å². The quantitative estimate of drug-likeness (QED) is 0.241. The van der Waals surface area contributed by atoms with Crippen LogP contribution in [-0.2, 0) is 18.6 Å². The largest absolute Gasteiger partial charge is 0.392 e. The van der Waals surface area contributed by atoms with Crippen molar-refractivity contribution in [1.29, 1.82) is 0 Å². The average Bonchev–Trinajstić information content (AvgIpc) is 3.52. The first kappa shape index (κ1) is 24.1. The van der Waals surface area contributed by atoms with Crippen LogP contribution < -0.4 is 0 Å². The summed E-state index contributed by atoms with van der Waals surface area (Å²) in [5, 5.41) is 22.1. The molecule has 8 rings (SSSR count). The van der Waals surface area contributed by atoms with Gasteiger partial charge in [0.25, 0.3) is 0 Å². The van der Waals surface area contributed by atoms with Gasteiger partial charge in [0.05, 0.1) is 18.6 Å². The molecule has 0 radical (unpaired) electrons. The monoisotopic (exact) mass is 528 g/mol. The topological polar surface area (TPSA) is 40.5 Å². The standard InChI is InChI=1S/C39H28O2/c40-23-30-31(24-41)36(26-15-5-2-6-16-26)38-37(35(30)25-13-3-1-4-14-25)29-19-9-12-22-34(29)39(38)32-20-10-7-17-27(32)28-18-8-11-21-33(28)39/h1-22,40-41H,23-24H2. The van der Waals surface area contributed by atoms with Crippen LogP contribution in [0.2, 0.25) is 0 Å². The van der Waals surface area contributed by atoms with Gasteiger partial charge in [-0.3, -0.25) is 0 Å². The zero-order valence-electron chi connectivity index (χ0n) is 22.5. The molecular weight excluding hydrogens is 500 g/mol. The summed E-state index contributed by atoms with van der Waals surface area (Å²) < 4.78 is 0. The number of rotatable bonds is 4. The van der Waals surface area contributed by atoms with Gasteiger partial charge in [-0.2, -0.15) is 0 Å². The van der Waals surface area contributed by atoms with E-state index in [1.54, 1.807) is 0 Å². The van der Waals surface area contributed by atoms with Crippen LogP contribution in [0.1, 0.15) is 33.4 Å². The highest BCUT2D eigenvalue weighted by atomic mass is 16.3. The minimum Gasteiger partial charge on any atom is -0.392 e. The molecule has 0 aromatic heterocycles. The zero-order valence-corrected chi connectivity index (χ0v) is 22.5. The summed E-state index contributed by atoms with van der Waals surface area (Å²) in [5.74, 6) is 0. The molecule has 2 nitrogen and oxygen atoms in total. The van der Waals surface area contributed by atoms with Gasteiger partial charge in [-0.15, -0.1) is 0 Å². The van der Waals surface area contributed by atoms with E-state index in [0.29, 0.717) is 0 Å². The maximum atomic E-state index is 11.1. The number of fused-ring (bicyclic) bond motifs is 10. The predicted octanol–water partition coefficient (Wildman–Crippen LogP) is 8.35. The lowest BCUT2D eigenvalue weighted by Gasteiger charge is -2.34. The van der Waals surface area contributed by atoms with Crippen molar-refractivity contribution >= 4 is 0 Å². The van der Waals surface area contributed by atoms with Gasteiger partial charge in [-0.25, -0.2) is 0 Å². The van der Waals surface area contributed by atoms with Gasteiger partial charge in [0.1, 0.15) is 0 Å². The van der Waals surface area contributed by atoms with Crippen molar-refractivity contribution in [2.75, 3.05) is 0 Å². The van der Waals surface area contributed by atoms with Gasteiger partial charge in [-0.05, 0) is 77.9 Å². The molecule has 0 fully saturated rings. The third kappa shape index (κ3) is 3.09. The minimum absolute atomic E-state index is 0.171. The van der Waals surface area contributed by atoms with Crippen molar-refractivity contribution in [2.45, 2.75) is 18.6 Å². The highest BCUT2D eigenvalue weighted by Crippen LogP contribution is 2.66. The summed E-state index contributed by atoms with van der Waals surface area (Å²) in [7, 11) is 0. The molecule has 2 aliphatic rings. The van der Waals surface area contributed by atoms with Crippen molar-refractivity contribution in [3.05, 3.63) is 167 Å². The Morgan fingerprint density at radius 2 is 0.780 bits per heavy atom. The van der Waals surface area contributed by atoms with Gasteiger partial charge in [0.15, 0.2) is 0 Å². The number of hydrogen-bond donors (Lipinski definition) is 2. The Hall–Kier alpha value is -4.76. The Morgan fingerprint density at radius 3 is 1.29 bits per heavy atom. The van der Waals surface area contributed by atoms with E-state index in [0.717, 1.165) is 38.9 Å². The van der Waals surface area contributed by atoms with E-state index < -0.39 is 5.41 Å². The molecular formula is C39H28O2. The third-order valence-electron chi connectivity index (χ3n) is 9.09. The number of benzene rings is 6. The fourth-order valence-electron chi connectivity index (χ4n) is 7.65. The van der Waals surface area contributed by atoms with E-state index >= 15 is 0 Å². The van der Waals surface area contributed by atoms with Crippen LogP contribution in [0.15, 0.2) is 133 Å². The second-order valence-electron chi connectivity index (χ2n) is 10.9. The molecule has 0 heterocycles. The van der Waals surface area contributed by atoms with E-state index in [2.05, 4.69) is 109 Å². The summed E-state index contributed by atoms with van der Waals surface area (Å²) in [6.45, 7) is -0.349. The molecule has 6 aromatic carbocycles. The third-order valence-corrected chi connectivity index (χ3v) is 9.09. The fourth-order valence-corrected chi connectivity index (χ4v) is 7.65. The van der Waals surface area contributed by atoms with Crippen LogP contribution in [0.25, 0.3) is 44.5 Å². The molecule has 0 bridgehead atoms. The van der Waals surface area contributed by atoms with Crippen molar-refractivity contribution < 1.29 is 10.2 Å². The second kappa shape index (κ2) is 9.14. The first-order chi connectivity index (χ1) is 20.3. The Labute approximate surface area is 239 Å². The van der Waals surface area contributed by atoms with Gasteiger partial charge >= 0.3 is 0 Å². The van der Waals surface area contributed by atoms with Gasteiger partial charge in [0, 0.05) is 0 Å². The molecule has 196 valence electrons. The van der Waals surface area contributed by atoms with E-state index in [-0.39, 0.29) is 13.2 Å². The van der Waals surface area contributed by atoms with Crippen molar-refractivity contribution in [2.24, 2.45) is 0 Å². The van der Waals surface area contributed by atoms with Crippen LogP contribution >= 0.6 is 0 Å². The summed E-state index contributed by atoms with van der Waals surface area (Å²) >= 11 is 0. The molecule has 0 atom stereocenters. The smallest absolute Gasteiger partial charge is 0.0731 e. The van der Waals surface area contributed by atoms with Crippen LogP contribution in [0.4, 0.5) is 0 Å². The zero-order chi connectivity index (χ0) is 27.6. The molecule has 0 amide bonds. The van der Waals surface area contributed by atoms with Gasteiger partial charge in [0.2, 0.25) is 0 Å². The molecule has 41 heavy (non-hydrogen) atoms. The van der Waals surface area contributed by atoms with Crippen LogP contribution in [0, 0.1) is 0 Å². The predicted molar refractivity (Wildman–Crippen MR) is 165 cm³/mol. The number of aliphatic hydroxyl groups excluding tert-OH is 2. The normalized spacial score (nSPS) is 13.5. The molecule has 0 saturated heterocycles. The summed E-state index contributed by atoms with van der Waals surface area (Å²) in [6, 6.07) is 47.0. The Balaban J connectivity index is 1.68. The molecule has 0 saturated carbocycles. The Morgan fingerprint density at radius 1 is 0.390 bits per heavy atom. The van der Waals surface area contributed by atoms with E-state index in [4.69, 9.17) is 0 Å². The lowest BCUT2D eigenvalue weighted by molar-refractivity contribution is 0.261. The maximum Gasteiger partial charge on any atom is 0.0731 e. The Kier molecular flexibility index (Phi) is 5.36. The minimum atomic E-state index is -0.578. The molecule has 0 unspecified atom stereocenters. The van der Waals surface area contributed by atoms with Gasteiger partial charge in [-0.1, -0.05) is 133 Å². The molecule has 2 aliphatic carbocycles. The lowest BCUT2D eigenvalue weighted by atomic mass is 9.67. The molecule has 2 N–H and O–H groups in total. The van der Waals surface area contributed by atoms with E-state index in [1.807, 2.05) is 24.3 Å². The summed E-state index contributed by atoms with van der Waals surface area (Å²) in [4.78, 5) is 0. The van der Waals surface area contributed by atoms with E-state index in [9.17, 15) is 10.2 Å². The highest BCUT2D eigenvalue weighted by molar-refractivity contribution is 6.05. The number of hydrogen-bond acceptors (Lipinski definition) is 2. The van der Waals surface area contributed by atoms with Crippen LogP contribution in [-0.4, -0.2) is 10.2 Å². The molecule has 1 spiro atoms. The van der Waals surface area contributed by atoms with Crippen molar-refractivity contribution in [3.8, 4) is 44.5 Å². The molecule has 0 aliphatic heterocycles. The molecule has 6 aromatic rings. The van der Waals surface area contributed by atoms with Gasteiger partial charge < -0.3 is 10.2 Å².